The van der Waals surface area contributed by atoms with Crippen molar-refractivity contribution in [3.05, 3.63) is 36.2 Å². The Morgan fingerprint density at radius 3 is 2.50 bits per heavy atom. The summed E-state index contributed by atoms with van der Waals surface area (Å²) < 4.78 is 0. The lowest BCUT2D eigenvalue weighted by atomic mass is 10.3. The van der Waals surface area contributed by atoms with E-state index in [1.54, 1.807) is 6.08 Å². The number of likely N-dealkylation sites (N-methyl/N-ethyl adjacent to an activating group) is 1. The molecule has 0 heterocycles. The molecule has 0 spiro atoms. The minimum absolute atomic E-state index is 0.738. The van der Waals surface area contributed by atoms with Crippen molar-refractivity contribution in [2.75, 3.05) is 7.05 Å². The standard InChI is InChI=1S/C8H14N2/c1-4-6-8(10-3)7(9)5-2/h4-6,10H,1,9H2,2-3H3/b7-5+,8-6+. The van der Waals surface area contributed by atoms with Crippen LogP contribution in [-0.4, -0.2) is 7.05 Å². The van der Waals surface area contributed by atoms with Crippen LogP contribution in [0.1, 0.15) is 6.92 Å². The van der Waals surface area contributed by atoms with E-state index in [0.29, 0.717) is 0 Å². The van der Waals surface area contributed by atoms with E-state index in [4.69, 9.17) is 5.73 Å². The van der Waals surface area contributed by atoms with E-state index in [0.717, 1.165) is 11.4 Å². The van der Waals surface area contributed by atoms with Gasteiger partial charge in [-0.15, -0.1) is 0 Å². The zero-order valence-electron chi connectivity index (χ0n) is 6.52. The van der Waals surface area contributed by atoms with Crippen LogP contribution < -0.4 is 11.1 Å². The topological polar surface area (TPSA) is 38.0 Å². The number of hydrogen-bond acceptors (Lipinski definition) is 2. The lowest BCUT2D eigenvalue weighted by Crippen LogP contribution is -2.13. The van der Waals surface area contributed by atoms with Gasteiger partial charge in [-0.2, -0.15) is 0 Å². The second kappa shape index (κ2) is 4.68. The third-order valence-electron chi connectivity index (χ3n) is 1.18. The second-order valence-electron chi connectivity index (χ2n) is 1.81. The van der Waals surface area contributed by atoms with Crippen molar-refractivity contribution in [2.45, 2.75) is 6.92 Å². The minimum atomic E-state index is 0.738. The molecular weight excluding hydrogens is 124 g/mol. The highest BCUT2D eigenvalue weighted by atomic mass is 14.9. The molecule has 0 amide bonds. The molecule has 0 atom stereocenters. The van der Waals surface area contributed by atoms with Crippen LogP contribution in [0.3, 0.4) is 0 Å². The van der Waals surface area contributed by atoms with Crippen molar-refractivity contribution in [1.82, 2.24) is 5.32 Å². The van der Waals surface area contributed by atoms with Crippen LogP contribution in [0.25, 0.3) is 0 Å². The van der Waals surface area contributed by atoms with Crippen LogP contribution in [0.2, 0.25) is 0 Å². The highest BCUT2D eigenvalue weighted by molar-refractivity contribution is 5.28. The smallest absolute Gasteiger partial charge is 0.0567 e. The highest BCUT2D eigenvalue weighted by Crippen LogP contribution is 1.97. The van der Waals surface area contributed by atoms with Crippen molar-refractivity contribution in [3.8, 4) is 0 Å². The second-order valence-corrected chi connectivity index (χ2v) is 1.81. The molecule has 0 unspecified atom stereocenters. The Bertz CT molecular complexity index is 166. The van der Waals surface area contributed by atoms with Gasteiger partial charge in [0.05, 0.1) is 11.4 Å². The summed E-state index contributed by atoms with van der Waals surface area (Å²) in [6.07, 6.45) is 5.36. The first-order chi connectivity index (χ1) is 4.76. The Labute approximate surface area is 62.1 Å². The van der Waals surface area contributed by atoms with Crippen molar-refractivity contribution >= 4 is 0 Å². The van der Waals surface area contributed by atoms with Gasteiger partial charge in [0.25, 0.3) is 0 Å². The minimum Gasteiger partial charge on any atom is -0.397 e. The largest absolute Gasteiger partial charge is 0.397 e. The van der Waals surface area contributed by atoms with Crippen LogP contribution in [-0.2, 0) is 0 Å². The molecule has 10 heavy (non-hydrogen) atoms. The van der Waals surface area contributed by atoms with E-state index >= 15 is 0 Å². The molecule has 0 aliphatic rings. The van der Waals surface area contributed by atoms with Crippen molar-refractivity contribution in [3.63, 3.8) is 0 Å². The molecule has 0 aromatic heterocycles. The van der Waals surface area contributed by atoms with Crippen LogP contribution in [0.4, 0.5) is 0 Å². The number of hydrogen-bond donors (Lipinski definition) is 2. The van der Waals surface area contributed by atoms with Gasteiger partial charge in [0.2, 0.25) is 0 Å². The third-order valence-corrected chi connectivity index (χ3v) is 1.18. The molecular formula is C8H14N2. The first-order valence-corrected chi connectivity index (χ1v) is 3.18. The van der Waals surface area contributed by atoms with Gasteiger partial charge in [-0.25, -0.2) is 0 Å². The molecule has 0 rings (SSSR count). The summed E-state index contributed by atoms with van der Waals surface area (Å²) in [5.41, 5.74) is 7.24. The van der Waals surface area contributed by atoms with E-state index in [2.05, 4.69) is 11.9 Å². The van der Waals surface area contributed by atoms with Gasteiger partial charge < -0.3 is 11.1 Å². The molecule has 0 saturated heterocycles. The normalized spacial score (nSPS) is 13.0. The van der Waals surface area contributed by atoms with Crippen molar-refractivity contribution in [1.29, 1.82) is 0 Å². The first kappa shape index (κ1) is 8.82. The molecule has 0 saturated carbocycles. The molecule has 0 fully saturated rings. The zero-order chi connectivity index (χ0) is 7.98. The fourth-order valence-electron chi connectivity index (χ4n) is 0.597. The van der Waals surface area contributed by atoms with Crippen LogP contribution in [0.15, 0.2) is 36.2 Å². The Balaban J connectivity index is 4.35. The lowest BCUT2D eigenvalue weighted by molar-refractivity contribution is 0.987. The summed E-state index contributed by atoms with van der Waals surface area (Å²) in [6.45, 7) is 5.46. The zero-order valence-corrected chi connectivity index (χ0v) is 6.52. The molecule has 56 valence electrons. The summed E-state index contributed by atoms with van der Waals surface area (Å²) >= 11 is 0. The molecule has 0 radical (unpaired) electrons. The summed E-state index contributed by atoms with van der Waals surface area (Å²) in [6, 6.07) is 0. The van der Waals surface area contributed by atoms with E-state index in [1.807, 2.05) is 26.1 Å². The first-order valence-electron chi connectivity index (χ1n) is 3.18. The molecule has 0 bridgehead atoms. The van der Waals surface area contributed by atoms with Gasteiger partial charge in [0.1, 0.15) is 0 Å². The molecule has 0 aliphatic heterocycles. The fraction of sp³-hybridized carbons (Fsp3) is 0.250. The Kier molecular flexibility index (Phi) is 4.12. The van der Waals surface area contributed by atoms with Crippen molar-refractivity contribution in [2.24, 2.45) is 5.73 Å². The van der Waals surface area contributed by atoms with Gasteiger partial charge in [0.15, 0.2) is 0 Å². The molecule has 0 aliphatic carbocycles. The Hall–Kier alpha value is -1.18. The SMILES string of the molecule is C=C/C=C(NC)\C(N)=C/C. The summed E-state index contributed by atoms with van der Waals surface area (Å²) in [7, 11) is 1.83. The fourth-order valence-corrected chi connectivity index (χ4v) is 0.597. The van der Waals surface area contributed by atoms with Crippen molar-refractivity contribution < 1.29 is 0 Å². The van der Waals surface area contributed by atoms with Gasteiger partial charge in [-0.1, -0.05) is 18.7 Å². The van der Waals surface area contributed by atoms with Crippen LogP contribution >= 0.6 is 0 Å². The molecule has 2 heteroatoms. The maximum Gasteiger partial charge on any atom is 0.0567 e. The van der Waals surface area contributed by atoms with Gasteiger partial charge >= 0.3 is 0 Å². The van der Waals surface area contributed by atoms with E-state index in [-0.39, 0.29) is 0 Å². The van der Waals surface area contributed by atoms with Gasteiger partial charge in [-0.3, -0.25) is 0 Å². The quantitative estimate of drug-likeness (QED) is 0.574. The number of allylic oxidation sites excluding steroid dienone is 3. The Morgan fingerprint density at radius 1 is 1.60 bits per heavy atom. The predicted octanol–water partition coefficient (Wildman–Crippen LogP) is 1.14. The molecule has 2 nitrogen and oxygen atoms in total. The van der Waals surface area contributed by atoms with Crippen LogP contribution in [0, 0.1) is 0 Å². The monoisotopic (exact) mass is 138 g/mol. The Morgan fingerprint density at radius 2 is 2.20 bits per heavy atom. The van der Waals surface area contributed by atoms with E-state index < -0.39 is 0 Å². The molecule has 3 N–H and O–H groups in total. The van der Waals surface area contributed by atoms with Crippen LogP contribution in [0.5, 0.6) is 0 Å². The van der Waals surface area contributed by atoms with Gasteiger partial charge in [0, 0.05) is 7.05 Å². The van der Waals surface area contributed by atoms with E-state index in [1.165, 1.54) is 0 Å². The average molecular weight is 138 g/mol. The van der Waals surface area contributed by atoms with E-state index in [9.17, 15) is 0 Å². The third kappa shape index (κ3) is 2.40. The summed E-state index contributed by atoms with van der Waals surface area (Å²) in [5.74, 6) is 0. The lowest BCUT2D eigenvalue weighted by Gasteiger charge is -2.04. The van der Waals surface area contributed by atoms with Gasteiger partial charge in [-0.05, 0) is 13.0 Å². The highest BCUT2D eigenvalue weighted by Gasteiger charge is 1.91. The molecule has 0 aromatic carbocycles. The maximum absolute atomic E-state index is 5.60. The predicted molar refractivity (Wildman–Crippen MR) is 45.3 cm³/mol. The summed E-state index contributed by atoms with van der Waals surface area (Å²) in [5, 5.41) is 2.95. The summed E-state index contributed by atoms with van der Waals surface area (Å²) in [4.78, 5) is 0. The average Bonchev–Trinajstić information content (AvgIpc) is 1.99. The number of nitrogens with one attached hydrogen (secondary N) is 1. The number of rotatable bonds is 3. The number of nitrogens with two attached hydrogens (primary N) is 1. The molecule has 0 aromatic rings. The maximum atomic E-state index is 5.60.